The minimum Gasteiger partial charge on any atom is -0.339 e. The van der Waals surface area contributed by atoms with Gasteiger partial charge in [-0.3, -0.25) is 4.79 Å². The molecule has 0 radical (unpaired) electrons. The first-order valence-corrected chi connectivity index (χ1v) is 8.02. The van der Waals surface area contributed by atoms with Gasteiger partial charge in [0.05, 0.1) is 10.8 Å². The van der Waals surface area contributed by atoms with Crippen molar-refractivity contribution < 1.29 is 13.7 Å². The molecule has 1 fully saturated rings. The molecule has 4 rings (SSSR count). The van der Waals surface area contributed by atoms with Gasteiger partial charge in [0.15, 0.2) is 0 Å². The lowest BCUT2D eigenvalue weighted by Crippen LogP contribution is -2.24. The lowest BCUT2D eigenvalue weighted by atomic mass is 10.1. The average Bonchev–Trinajstić information content (AvgIpc) is 3.27. The minimum absolute atomic E-state index is 0.0301. The Morgan fingerprint density at radius 2 is 2.09 bits per heavy atom. The van der Waals surface area contributed by atoms with Crippen LogP contribution in [-0.2, 0) is 4.79 Å². The number of thiophene rings is 1. The lowest BCUT2D eigenvalue weighted by molar-refractivity contribution is -0.117. The molecule has 0 bridgehead atoms. The highest BCUT2D eigenvalue weighted by Crippen LogP contribution is 2.32. The zero-order valence-electron chi connectivity index (χ0n) is 12.0. The molecule has 1 aliphatic heterocycles. The van der Waals surface area contributed by atoms with Crippen LogP contribution < -0.4 is 4.90 Å². The molecular weight excluding hydrogens is 317 g/mol. The van der Waals surface area contributed by atoms with E-state index < -0.39 is 0 Å². The fourth-order valence-corrected chi connectivity index (χ4v) is 3.30. The number of benzene rings is 1. The quantitative estimate of drug-likeness (QED) is 0.738. The van der Waals surface area contributed by atoms with Crippen molar-refractivity contribution in [3.05, 3.63) is 53.5 Å². The molecular formula is C16H12FN3O2S. The first kappa shape index (κ1) is 14.1. The Labute approximate surface area is 135 Å². The minimum atomic E-state index is -0.325. The van der Waals surface area contributed by atoms with Crippen molar-refractivity contribution >= 4 is 22.9 Å². The Hall–Kier alpha value is -2.54. The Kier molecular flexibility index (Phi) is 3.42. The second kappa shape index (κ2) is 5.58. The Balaban J connectivity index is 1.55. The molecule has 116 valence electrons. The van der Waals surface area contributed by atoms with Crippen LogP contribution >= 0.6 is 11.3 Å². The van der Waals surface area contributed by atoms with Crippen LogP contribution in [0.2, 0.25) is 0 Å². The van der Waals surface area contributed by atoms with Gasteiger partial charge in [-0.15, -0.1) is 11.3 Å². The van der Waals surface area contributed by atoms with Crippen molar-refractivity contribution in [1.29, 1.82) is 0 Å². The number of carbonyl (C=O) groups excluding carboxylic acids is 1. The summed E-state index contributed by atoms with van der Waals surface area (Å²) in [6, 6.07) is 9.73. The first-order chi connectivity index (χ1) is 11.2. The summed E-state index contributed by atoms with van der Waals surface area (Å²) in [5.74, 6) is 0.509. The van der Waals surface area contributed by atoms with Crippen LogP contribution in [0.3, 0.4) is 0 Å². The number of amides is 1. The van der Waals surface area contributed by atoms with E-state index in [4.69, 9.17) is 4.52 Å². The number of hydrogen-bond acceptors (Lipinski definition) is 5. The number of aromatic nitrogens is 2. The molecule has 1 aromatic carbocycles. The van der Waals surface area contributed by atoms with Gasteiger partial charge in [0.2, 0.25) is 17.6 Å². The summed E-state index contributed by atoms with van der Waals surface area (Å²) >= 11 is 1.53. The molecule has 0 saturated carbocycles. The van der Waals surface area contributed by atoms with Gasteiger partial charge in [-0.2, -0.15) is 4.98 Å². The van der Waals surface area contributed by atoms with Crippen molar-refractivity contribution in [3.63, 3.8) is 0 Å². The summed E-state index contributed by atoms with van der Waals surface area (Å²) in [6.45, 7) is 0.455. The average molecular weight is 329 g/mol. The third kappa shape index (κ3) is 2.63. The van der Waals surface area contributed by atoms with Crippen molar-refractivity contribution in [1.82, 2.24) is 10.1 Å². The maximum Gasteiger partial charge on any atom is 0.232 e. The van der Waals surface area contributed by atoms with Gasteiger partial charge in [-0.1, -0.05) is 11.2 Å². The van der Waals surface area contributed by atoms with Gasteiger partial charge in [-0.25, -0.2) is 4.39 Å². The fraction of sp³-hybridized carbons (Fsp3) is 0.188. The normalized spacial score (nSPS) is 17.9. The van der Waals surface area contributed by atoms with E-state index in [1.165, 1.54) is 23.5 Å². The topological polar surface area (TPSA) is 59.2 Å². The zero-order chi connectivity index (χ0) is 15.8. The van der Waals surface area contributed by atoms with Crippen LogP contribution in [0.4, 0.5) is 10.1 Å². The summed E-state index contributed by atoms with van der Waals surface area (Å²) in [4.78, 5) is 19.2. The molecule has 3 aromatic rings. The highest BCUT2D eigenvalue weighted by atomic mass is 32.1. The molecule has 1 atom stereocenters. The van der Waals surface area contributed by atoms with E-state index >= 15 is 0 Å². The third-order valence-corrected chi connectivity index (χ3v) is 4.66. The van der Waals surface area contributed by atoms with Crippen LogP contribution in [0.1, 0.15) is 18.2 Å². The molecule has 0 N–H and O–H groups in total. The second-order valence-corrected chi connectivity index (χ2v) is 6.26. The molecule has 0 aliphatic carbocycles. The maximum absolute atomic E-state index is 13.0. The van der Waals surface area contributed by atoms with Crippen molar-refractivity contribution in [2.75, 3.05) is 11.4 Å². The largest absolute Gasteiger partial charge is 0.339 e. The standard InChI is InChI=1S/C16H12FN3O2S/c17-11-3-5-12(6-4-11)20-9-10(8-14(20)21)16-18-15(19-22-16)13-2-1-7-23-13/h1-7,10H,8-9H2/t10-/m1/s1. The highest BCUT2D eigenvalue weighted by molar-refractivity contribution is 7.13. The fourth-order valence-electron chi connectivity index (χ4n) is 2.65. The number of halogens is 1. The van der Waals surface area contributed by atoms with Crippen LogP contribution in [-0.4, -0.2) is 22.6 Å². The molecule has 1 aliphatic rings. The van der Waals surface area contributed by atoms with Crippen LogP contribution in [0.5, 0.6) is 0 Å². The molecule has 0 unspecified atom stereocenters. The lowest BCUT2D eigenvalue weighted by Gasteiger charge is -2.15. The summed E-state index contributed by atoms with van der Waals surface area (Å²) < 4.78 is 18.3. The van der Waals surface area contributed by atoms with E-state index in [0.717, 1.165) is 4.88 Å². The number of rotatable bonds is 3. The Morgan fingerprint density at radius 3 is 2.83 bits per heavy atom. The van der Waals surface area contributed by atoms with Gasteiger partial charge in [-0.05, 0) is 35.7 Å². The molecule has 2 aromatic heterocycles. The van der Waals surface area contributed by atoms with Crippen LogP contribution in [0, 0.1) is 5.82 Å². The van der Waals surface area contributed by atoms with Crippen LogP contribution in [0.15, 0.2) is 46.3 Å². The maximum atomic E-state index is 13.0. The Bertz CT molecular complexity index is 829. The summed E-state index contributed by atoms with van der Waals surface area (Å²) in [6.07, 6.45) is 0.309. The monoisotopic (exact) mass is 329 g/mol. The SMILES string of the molecule is O=C1C[C@@H](c2nc(-c3cccs3)no2)CN1c1ccc(F)cc1. The van der Waals surface area contributed by atoms with Gasteiger partial charge >= 0.3 is 0 Å². The number of nitrogens with zero attached hydrogens (tertiary/aromatic N) is 3. The number of anilines is 1. The zero-order valence-corrected chi connectivity index (χ0v) is 12.8. The predicted octanol–water partition coefficient (Wildman–Crippen LogP) is 3.46. The molecule has 0 spiro atoms. The van der Waals surface area contributed by atoms with Crippen LogP contribution in [0.25, 0.3) is 10.7 Å². The van der Waals surface area contributed by atoms with Gasteiger partial charge < -0.3 is 9.42 Å². The third-order valence-electron chi connectivity index (χ3n) is 3.80. The smallest absolute Gasteiger partial charge is 0.232 e. The van der Waals surface area contributed by atoms with E-state index in [1.54, 1.807) is 17.0 Å². The van der Waals surface area contributed by atoms with Crippen molar-refractivity contribution in [2.24, 2.45) is 0 Å². The van der Waals surface area contributed by atoms with E-state index in [9.17, 15) is 9.18 Å². The Morgan fingerprint density at radius 1 is 1.26 bits per heavy atom. The van der Waals surface area contributed by atoms with Crippen molar-refractivity contribution in [3.8, 4) is 10.7 Å². The number of carbonyl (C=O) groups is 1. The molecule has 3 heterocycles. The molecule has 5 nitrogen and oxygen atoms in total. The summed E-state index contributed by atoms with van der Waals surface area (Å²) in [5.41, 5.74) is 0.678. The van der Waals surface area contributed by atoms with Gasteiger partial charge in [0.25, 0.3) is 0 Å². The van der Waals surface area contributed by atoms with Crippen molar-refractivity contribution in [2.45, 2.75) is 12.3 Å². The van der Waals surface area contributed by atoms with Gasteiger partial charge in [0, 0.05) is 18.7 Å². The molecule has 23 heavy (non-hydrogen) atoms. The molecule has 1 amide bonds. The highest BCUT2D eigenvalue weighted by Gasteiger charge is 2.35. The van der Waals surface area contributed by atoms with Gasteiger partial charge in [0.1, 0.15) is 5.82 Å². The summed E-state index contributed by atoms with van der Waals surface area (Å²) in [7, 11) is 0. The first-order valence-electron chi connectivity index (χ1n) is 7.14. The molecule has 7 heteroatoms. The molecule has 1 saturated heterocycles. The second-order valence-electron chi connectivity index (χ2n) is 5.32. The van der Waals surface area contributed by atoms with E-state index in [0.29, 0.717) is 30.4 Å². The van der Waals surface area contributed by atoms with E-state index in [-0.39, 0.29) is 17.6 Å². The number of hydrogen-bond donors (Lipinski definition) is 0. The van der Waals surface area contributed by atoms with E-state index in [2.05, 4.69) is 10.1 Å². The predicted molar refractivity (Wildman–Crippen MR) is 83.7 cm³/mol. The van der Waals surface area contributed by atoms with E-state index in [1.807, 2.05) is 17.5 Å². The summed E-state index contributed by atoms with van der Waals surface area (Å²) in [5, 5.41) is 5.93.